The van der Waals surface area contributed by atoms with Crippen LogP contribution in [0.4, 0.5) is 5.69 Å². The van der Waals surface area contributed by atoms with Crippen LogP contribution in [0.3, 0.4) is 0 Å². The van der Waals surface area contributed by atoms with Gasteiger partial charge in [-0.2, -0.15) is 9.97 Å². The van der Waals surface area contributed by atoms with E-state index >= 15 is 0 Å². The van der Waals surface area contributed by atoms with Gasteiger partial charge in [0, 0.05) is 6.21 Å². The highest BCUT2D eigenvalue weighted by atomic mass is 16.5. The maximum Gasteiger partial charge on any atom is 0.327 e. The summed E-state index contributed by atoms with van der Waals surface area (Å²) >= 11 is 0. The third-order valence-corrected chi connectivity index (χ3v) is 5.39. The number of benzene rings is 2. The summed E-state index contributed by atoms with van der Waals surface area (Å²) in [6.45, 7) is 11.6. The average Bonchev–Trinajstić information content (AvgIpc) is 3.11. The predicted molar refractivity (Wildman–Crippen MR) is 131 cm³/mol. The molecular formula is C26H26N4O3. The fourth-order valence-electron chi connectivity index (χ4n) is 3.42. The van der Waals surface area contributed by atoms with Crippen LogP contribution in [0.25, 0.3) is 11.0 Å². The lowest BCUT2D eigenvalue weighted by Gasteiger charge is -2.11. The first-order valence-electron chi connectivity index (χ1n) is 10.7. The molecule has 0 bridgehead atoms. The lowest BCUT2D eigenvalue weighted by molar-refractivity contribution is 0.414. The zero-order valence-corrected chi connectivity index (χ0v) is 19.1. The van der Waals surface area contributed by atoms with Crippen molar-refractivity contribution in [3.8, 4) is 29.1 Å². The van der Waals surface area contributed by atoms with Crippen molar-refractivity contribution < 1.29 is 14.6 Å². The number of aromatic amines is 1. The van der Waals surface area contributed by atoms with Crippen LogP contribution in [0.1, 0.15) is 29.3 Å². The number of aromatic nitrogens is 3. The Morgan fingerprint density at radius 2 is 1.73 bits per heavy atom. The van der Waals surface area contributed by atoms with Crippen LogP contribution in [0.15, 0.2) is 54.0 Å². The molecule has 0 saturated heterocycles. The summed E-state index contributed by atoms with van der Waals surface area (Å²) in [4.78, 5) is 16.4. The Morgan fingerprint density at radius 3 is 2.42 bits per heavy atom. The molecule has 2 heterocycles. The topological polar surface area (TPSA) is 92.6 Å². The number of rotatable bonds is 7. The standard InChI is InChI=1S/C26H26N4O3/c1-6-12-27-21-11-10-18(14-17(21)5)32-25-22-23(31)20(7-2)28-24(22)29-26(30-25)33-19-9-8-15(3)16(4)13-19/h6,8-14,31H,1,7H2,2-5H3,(H,28,29,30). The second-order valence-corrected chi connectivity index (χ2v) is 7.75. The number of nitrogens with one attached hydrogen (secondary N) is 1. The Labute approximate surface area is 192 Å². The van der Waals surface area contributed by atoms with Gasteiger partial charge in [0.25, 0.3) is 0 Å². The zero-order chi connectivity index (χ0) is 23.5. The molecule has 4 aromatic rings. The number of hydrogen-bond donors (Lipinski definition) is 2. The van der Waals surface area contributed by atoms with E-state index in [2.05, 4.69) is 26.5 Å². The lowest BCUT2D eigenvalue weighted by atomic mass is 10.1. The summed E-state index contributed by atoms with van der Waals surface area (Å²) in [5.41, 5.74) is 5.10. The molecule has 0 saturated carbocycles. The zero-order valence-electron chi connectivity index (χ0n) is 19.1. The molecule has 33 heavy (non-hydrogen) atoms. The van der Waals surface area contributed by atoms with E-state index in [1.54, 1.807) is 18.4 Å². The van der Waals surface area contributed by atoms with E-state index in [0.717, 1.165) is 16.8 Å². The van der Waals surface area contributed by atoms with Crippen molar-refractivity contribution >= 4 is 22.9 Å². The first kappa shape index (κ1) is 22.1. The van der Waals surface area contributed by atoms with E-state index in [1.165, 1.54) is 5.56 Å². The first-order valence-corrected chi connectivity index (χ1v) is 10.7. The number of fused-ring (bicyclic) bond motifs is 1. The number of aliphatic imine (C=N–C) groups is 1. The molecule has 2 aromatic heterocycles. The van der Waals surface area contributed by atoms with E-state index in [1.807, 2.05) is 58.0 Å². The van der Waals surface area contributed by atoms with Crippen molar-refractivity contribution in [2.45, 2.75) is 34.1 Å². The summed E-state index contributed by atoms with van der Waals surface area (Å²) in [6, 6.07) is 11.4. The monoisotopic (exact) mass is 442 g/mol. The van der Waals surface area contributed by atoms with Gasteiger partial charge in [-0.3, -0.25) is 4.99 Å². The number of aromatic hydroxyl groups is 1. The molecule has 168 valence electrons. The highest BCUT2D eigenvalue weighted by Crippen LogP contribution is 2.39. The van der Waals surface area contributed by atoms with Crippen LogP contribution in [-0.2, 0) is 6.42 Å². The fraction of sp³-hybridized carbons (Fsp3) is 0.192. The molecule has 0 unspecified atom stereocenters. The molecule has 0 aliphatic rings. The maximum absolute atomic E-state index is 10.7. The van der Waals surface area contributed by atoms with Gasteiger partial charge in [-0.15, -0.1) is 0 Å². The molecule has 0 aliphatic carbocycles. The summed E-state index contributed by atoms with van der Waals surface area (Å²) in [7, 11) is 0. The van der Waals surface area contributed by atoms with Crippen molar-refractivity contribution in [1.29, 1.82) is 0 Å². The maximum atomic E-state index is 10.7. The summed E-state index contributed by atoms with van der Waals surface area (Å²) in [5.74, 6) is 1.45. The van der Waals surface area contributed by atoms with Gasteiger partial charge in [-0.25, -0.2) is 0 Å². The molecule has 0 fully saturated rings. The van der Waals surface area contributed by atoms with Crippen LogP contribution in [0.5, 0.6) is 29.1 Å². The number of allylic oxidation sites excluding steroid dienone is 1. The number of hydrogen-bond acceptors (Lipinski definition) is 6. The Morgan fingerprint density at radius 1 is 1.00 bits per heavy atom. The smallest absolute Gasteiger partial charge is 0.327 e. The Bertz CT molecular complexity index is 1370. The van der Waals surface area contributed by atoms with E-state index in [0.29, 0.717) is 34.6 Å². The molecule has 7 heteroatoms. The quantitative estimate of drug-likeness (QED) is 0.314. The van der Waals surface area contributed by atoms with Crippen molar-refractivity contribution in [3.63, 3.8) is 0 Å². The predicted octanol–water partition coefficient (Wildman–Crippen LogP) is 6.62. The van der Waals surface area contributed by atoms with Gasteiger partial charge in [0.05, 0.1) is 11.4 Å². The van der Waals surface area contributed by atoms with Crippen LogP contribution < -0.4 is 9.47 Å². The average molecular weight is 443 g/mol. The molecule has 2 aromatic carbocycles. The second-order valence-electron chi connectivity index (χ2n) is 7.75. The Kier molecular flexibility index (Phi) is 6.13. The Hall–Kier alpha value is -4.13. The van der Waals surface area contributed by atoms with Crippen molar-refractivity contribution in [2.24, 2.45) is 4.99 Å². The molecule has 0 spiro atoms. The van der Waals surface area contributed by atoms with Gasteiger partial charge in [-0.05, 0) is 74.2 Å². The van der Waals surface area contributed by atoms with Crippen molar-refractivity contribution in [2.75, 3.05) is 0 Å². The fourth-order valence-corrected chi connectivity index (χ4v) is 3.42. The van der Waals surface area contributed by atoms with Crippen LogP contribution in [-0.4, -0.2) is 26.3 Å². The summed E-state index contributed by atoms with van der Waals surface area (Å²) in [6.07, 6.45) is 3.86. The number of H-pyrrole nitrogens is 1. The molecule has 0 radical (unpaired) electrons. The van der Waals surface area contributed by atoms with E-state index in [9.17, 15) is 5.11 Å². The highest BCUT2D eigenvalue weighted by molar-refractivity contribution is 5.89. The number of nitrogens with zero attached hydrogens (tertiary/aromatic N) is 3. The van der Waals surface area contributed by atoms with E-state index in [4.69, 9.17) is 9.47 Å². The first-order chi connectivity index (χ1) is 15.9. The minimum Gasteiger partial charge on any atom is -0.505 e. The molecule has 0 amide bonds. The Balaban J connectivity index is 1.76. The van der Waals surface area contributed by atoms with E-state index in [-0.39, 0.29) is 17.6 Å². The van der Waals surface area contributed by atoms with E-state index < -0.39 is 0 Å². The largest absolute Gasteiger partial charge is 0.505 e. The van der Waals surface area contributed by atoms with Gasteiger partial charge in [0.1, 0.15) is 16.9 Å². The van der Waals surface area contributed by atoms with Gasteiger partial charge in [0.15, 0.2) is 11.4 Å². The van der Waals surface area contributed by atoms with Gasteiger partial charge >= 0.3 is 6.01 Å². The second kappa shape index (κ2) is 9.16. The van der Waals surface area contributed by atoms with Crippen molar-refractivity contribution in [1.82, 2.24) is 15.0 Å². The van der Waals surface area contributed by atoms with Crippen LogP contribution in [0.2, 0.25) is 0 Å². The highest BCUT2D eigenvalue weighted by Gasteiger charge is 2.20. The lowest BCUT2D eigenvalue weighted by Crippen LogP contribution is -1.97. The third-order valence-electron chi connectivity index (χ3n) is 5.39. The summed E-state index contributed by atoms with van der Waals surface area (Å²) < 4.78 is 12.0. The molecule has 7 nitrogen and oxygen atoms in total. The molecule has 2 N–H and O–H groups in total. The normalized spacial score (nSPS) is 11.3. The minimum atomic E-state index is 0.0733. The molecule has 0 aliphatic heterocycles. The minimum absolute atomic E-state index is 0.0733. The van der Waals surface area contributed by atoms with Crippen LogP contribution >= 0.6 is 0 Å². The van der Waals surface area contributed by atoms with Gasteiger partial charge in [0.2, 0.25) is 5.88 Å². The molecule has 4 rings (SSSR count). The molecule has 0 atom stereocenters. The number of aryl methyl sites for hydroxylation is 4. The van der Waals surface area contributed by atoms with Gasteiger partial charge in [-0.1, -0.05) is 25.6 Å². The number of ether oxygens (including phenoxy) is 2. The summed E-state index contributed by atoms with van der Waals surface area (Å²) in [5, 5.41) is 11.1. The van der Waals surface area contributed by atoms with Crippen LogP contribution in [0, 0.1) is 20.8 Å². The SMILES string of the molecule is C=CC=Nc1ccc(Oc2nc(Oc3ccc(C)c(C)c3)nc3[nH]c(CC)c(O)c23)cc1C. The van der Waals surface area contributed by atoms with Crippen molar-refractivity contribution in [3.05, 3.63) is 71.4 Å². The van der Waals surface area contributed by atoms with Gasteiger partial charge < -0.3 is 19.6 Å². The third kappa shape index (κ3) is 4.57. The molecular weight excluding hydrogens is 416 g/mol.